The third kappa shape index (κ3) is 5.22. The standard InChI is InChI=1S/C22H30N6O3/c23-21(30)17-5-4-11-26(14-17)13-16-7-9-18(10-8-16)24-20(29)15-28-22(31)27-12-3-1-2-6-19(27)25-28/h7-10,17H,1-6,11-15H2,(H2,23,30)(H,24,29). The number of primary amides is 1. The third-order valence-electron chi connectivity index (χ3n) is 6.13. The first-order valence-corrected chi connectivity index (χ1v) is 11.1. The number of hydrogen-bond donors (Lipinski definition) is 2. The van der Waals surface area contributed by atoms with Gasteiger partial charge in [-0.05, 0) is 49.9 Å². The Morgan fingerprint density at radius 1 is 1.10 bits per heavy atom. The second kappa shape index (κ2) is 9.47. The molecule has 0 radical (unpaired) electrons. The molecular weight excluding hydrogens is 396 g/mol. The van der Waals surface area contributed by atoms with E-state index in [1.807, 2.05) is 24.3 Å². The highest BCUT2D eigenvalue weighted by molar-refractivity contribution is 5.90. The topological polar surface area (TPSA) is 115 Å². The summed E-state index contributed by atoms with van der Waals surface area (Å²) in [5.41, 5.74) is 7.03. The van der Waals surface area contributed by atoms with E-state index in [4.69, 9.17) is 5.73 Å². The van der Waals surface area contributed by atoms with E-state index >= 15 is 0 Å². The Labute approximate surface area is 181 Å². The number of fused-ring (bicyclic) bond motifs is 1. The fraction of sp³-hybridized carbons (Fsp3) is 0.545. The van der Waals surface area contributed by atoms with Crippen molar-refractivity contribution in [3.05, 3.63) is 46.1 Å². The molecule has 1 saturated heterocycles. The SMILES string of the molecule is NC(=O)C1CCCN(Cc2ccc(NC(=O)Cn3nc4n(c3=O)CCCCC4)cc2)C1. The number of piperidine rings is 1. The molecule has 1 aromatic heterocycles. The van der Waals surface area contributed by atoms with Gasteiger partial charge in [0.05, 0.1) is 5.92 Å². The number of nitrogens with zero attached hydrogens (tertiary/aromatic N) is 4. The largest absolute Gasteiger partial charge is 0.369 e. The summed E-state index contributed by atoms with van der Waals surface area (Å²) < 4.78 is 2.95. The number of anilines is 1. The molecule has 1 unspecified atom stereocenters. The van der Waals surface area contributed by atoms with Gasteiger partial charge in [0, 0.05) is 31.7 Å². The number of hydrogen-bond acceptors (Lipinski definition) is 5. The highest BCUT2D eigenvalue weighted by atomic mass is 16.2. The molecule has 9 nitrogen and oxygen atoms in total. The van der Waals surface area contributed by atoms with Crippen LogP contribution < -0.4 is 16.7 Å². The number of rotatable bonds is 6. The first-order valence-electron chi connectivity index (χ1n) is 11.1. The maximum atomic E-state index is 12.5. The summed E-state index contributed by atoms with van der Waals surface area (Å²) in [6, 6.07) is 7.64. The van der Waals surface area contributed by atoms with E-state index in [9.17, 15) is 14.4 Å². The van der Waals surface area contributed by atoms with Crippen LogP contribution in [0.1, 0.15) is 43.5 Å². The monoisotopic (exact) mass is 426 g/mol. The van der Waals surface area contributed by atoms with Gasteiger partial charge in [0.25, 0.3) is 0 Å². The number of likely N-dealkylation sites (tertiary alicyclic amines) is 1. The number of nitrogens with two attached hydrogens (primary N) is 1. The van der Waals surface area contributed by atoms with Gasteiger partial charge in [-0.3, -0.25) is 19.1 Å². The van der Waals surface area contributed by atoms with Gasteiger partial charge in [-0.15, -0.1) is 0 Å². The smallest absolute Gasteiger partial charge is 0.346 e. The minimum atomic E-state index is -0.275. The molecule has 2 aliphatic heterocycles. The van der Waals surface area contributed by atoms with Crippen molar-refractivity contribution in [1.29, 1.82) is 0 Å². The van der Waals surface area contributed by atoms with Gasteiger partial charge in [0.1, 0.15) is 12.4 Å². The fourth-order valence-electron chi connectivity index (χ4n) is 4.45. The number of carbonyl (C=O) groups excluding carboxylic acids is 2. The Balaban J connectivity index is 1.32. The van der Waals surface area contributed by atoms with Crippen molar-refractivity contribution < 1.29 is 9.59 Å². The number of benzene rings is 1. The molecule has 0 saturated carbocycles. The van der Waals surface area contributed by atoms with E-state index in [1.54, 1.807) is 4.57 Å². The van der Waals surface area contributed by atoms with Gasteiger partial charge in [0.15, 0.2) is 0 Å². The predicted molar refractivity (Wildman–Crippen MR) is 116 cm³/mol. The Hall–Kier alpha value is -2.94. The Morgan fingerprint density at radius 2 is 1.90 bits per heavy atom. The molecule has 3 heterocycles. The van der Waals surface area contributed by atoms with Crippen molar-refractivity contribution in [2.45, 2.75) is 58.2 Å². The van der Waals surface area contributed by atoms with Crippen LogP contribution in [0.3, 0.4) is 0 Å². The molecule has 1 aromatic carbocycles. The van der Waals surface area contributed by atoms with Gasteiger partial charge >= 0.3 is 5.69 Å². The summed E-state index contributed by atoms with van der Waals surface area (Å²) in [6.07, 6.45) is 5.71. The van der Waals surface area contributed by atoms with E-state index in [0.717, 1.165) is 63.0 Å². The van der Waals surface area contributed by atoms with Crippen molar-refractivity contribution in [3.8, 4) is 0 Å². The lowest BCUT2D eigenvalue weighted by Gasteiger charge is -2.31. The van der Waals surface area contributed by atoms with Gasteiger partial charge < -0.3 is 11.1 Å². The quantitative estimate of drug-likeness (QED) is 0.718. The molecule has 2 aliphatic rings. The van der Waals surface area contributed by atoms with Crippen molar-refractivity contribution in [1.82, 2.24) is 19.2 Å². The van der Waals surface area contributed by atoms with Gasteiger partial charge in [-0.25, -0.2) is 9.48 Å². The predicted octanol–water partition coefficient (Wildman–Crippen LogP) is 1.11. The number of nitrogens with one attached hydrogen (secondary N) is 1. The minimum Gasteiger partial charge on any atom is -0.369 e. The lowest BCUT2D eigenvalue weighted by Crippen LogP contribution is -2.40. The van der Waals surface area contributed by atoms with Crippen molar-refractivity contribution >= 4 is 17.5 Å². The normalized spacial score (nSPS) is 19.4. The molecule has 0 bridgehead atoms. The van der Waals surface area contributed by atoms with Gasteiger partial charge in [-0.1, -0.05) is 18.6 Å². The number of aryl methyl sites for hydroxylation is 1. The first kappa shape index (κ1) is 21.3. The lowest BCUT2D eigenvalue weighted by molar-refractivity contribution is -0.123. The van der Waals surface area contributed by atoms with E-state index < -0.39 is 0 Å². The van der Waals surface area contributed by atoms with Crippen LogP contribution in [0, 0.1) is 5.92 Å². The average Bonchev–Trinajstić information content (AvgIpc) is 2.91. The number of amides is 2. The molecule has 2 aromatic rings. The zero-order chi connectivity index (χ0) is 21.8. The maximum absolute atomic E-state index is 12.5. The summed E-state index contributed by atoms with van der Waals surface area (Å²) in [7, 11) is 0. The van der Waals surface area contributed by atoms with E-state index in [-0.39, 0.29) is 30.0 Å². The summed E-state index contributed by atoms with van der Waals surface area (Å²) in [5.74, 6) is 0.198. The summed E-state index contributed by atoms with van der Waals surface area (Å²) in [6.45, 7) is 2.97. The van der Waals surface area contributed by atoms with Crippen LogP contribution in [0.15, 0.2) is 29.1 Å². The summed E-state index contributed by atoms with van der Waals surface area (Å²) >= 11 is 0. The van der Waals surface area contributed by atoms with Crippen molar-refractivity contribution in [2.75, 3.05) is 18.4 Å². The second-order valence-corrected chi connectivity index (χ2v) is 8.54. The molecule has 1 atom stereocenters. The molecule has 1 fully saturated rings. The summed E-state index contributed by atoms with van der Waals surface area (Å²) in [5, 5.41) is 7.20. The molecular formula is C22H30N6O3. The maximum Gasteiger partial charge on any atom is 0.346 e. The van der Waals surface area contributed by atoms with Crippen LogP contribution in [0.4, 0.5) is 5.69 Å². The molecule has 2 amide bonds. The van der Waals surface area contributed by atoms with Crippen LogP contribution in [0.25, 0.3) is 0 Å². The van der Waals surface area contributed by atoms with Crippen molar-refractivity contribution in [2.24, 2.45) is 11.7 Å². The summed E-state index contributed by atoms with van der Waals surface area (Å²) in [4.78, 5) is 38.6. The Morgan fingerprint density at radius 3 is 2.68 bits per heavy atom. The molecule has 166 valence electrons. The average molecular weight is 427 g/mol. The van der Waals surface area contributed by atoms with E-state index in [1.165, 1.54) is 4.68 Å². The zero-order valence-corrected chi connectivity index (χ0v) is 17.8. The minimum absolute atomic E-state index is 0.0753. The molecule has 3 N–H and O–H groups in total. The van der Waals surface area contributed by atoms with Crippen LogP contribution in [-0.2, 0) is 35.6 Å². The highest BCUT2D eigenvalue weighted by Crippen LogP contribution is 2.19. The number of aromatic nitrogens is 3. The van der Waals surface area contributed by atoms with Crippen LogP contribution in [0.2, 0.25) is 0 Å². The Kier molecular flexibility index (Phi) is 6.50. The molecule has 9 heteroatoms. The van der Waals surface area contributed by atoms with Gasteiger partial charge in [0.2, 0.25) is 11.8 Å². The second-order valence-electron chi connectivity index (χ2n) is 8.54. The van der Waals surface area contributed by atoms with E-state index in [2.05, 4.69) is 15.3 Å². The van der Waals surface area contributed by atoms with Crippen LogP contribution >= 0.6 is 0 Å². The molecule has 4 rings (SSSR count). The fourth-order valence-corrected chi connectivity index (χ4v) is 4.45. The van der Waals surface area contributed by atoms with Crippen molar-refractivity contribution in [3.63, 3.8) is 0 Å². The van der Waals surface area contributed by atoms with E-state index in [0.29, 0.717) is 18.8 Å². The lowest BCUT2D eigenvalue weighted by atomic mass is 9.97. The van der Waals surface area contributed by atoms with Crippen LogP contribution in [0.5, 0.6) is 0 Å². The Bertz CT molecular complexity index is 994. The molecule has 31 heavy (non-hydrogen) atoms. The van der Waals surface area contributed by atoms with Crippen LogP contribution in [-0.4, -0.2) is 44.2 Å². The molecule has 0 aliphatic carbocycles. The third-order valence-corrected chi connectivity index (χ3v) is 6.13. The van der Waals surface area contributed by atoms with Gasteiger partial charge in [-0.2, -0.15) is 5.10 Å². The number of carbonyl (C=O) groups is 2. The first-order chi connectivity index (χ1) is 15.0. The zero-order valence-electron chi connectivity index (χ0n) is 17.8. The highest BCUT2D eigenvalue weighted by Gasteiger charge is 2.24. The molecule has 0 spiro atoms.